The lowest BCUT2D eigenvalue weighted by Gasteiger charge is -2.32. The van der Waals surface area contributed by atoms with Crippen LogP contribution in [-0.2, 0) is 22.6 Å². The molecule has 2 amide bonds. The number of halogens is 2. The third-order valence-electron chi connectivity index (χ3n) is 6.38. The first-order valence-corrected chi connectivity index (χ1v) is 14.6. The molecule has 0 unspecified atom stereocenters. The summed E-state index contributed by atoms with van der Waals surface area (Å²) >= 11 is 7.17. The Kier molecular flexibility index (Phi) is 10.2. The SMILES string of the molecule is CC(C)CNC(=O)[C@@H](Cc1ccccc1)N(Cc1cccc(Br)c1)C(=O)COc1ccc2ccccc2c1Br. The minimum atomic E-state index is -0.707. The number of nitrogens with zero attached hydrogens (tertiary/aromatic N) is 1. The molecule has 0 aliphatic heterocycles. The molecule has 4 aromatic rings. The summed E-state index contributed by atoms with van der Waals surface area (Å²) < 4.78 is 7.75. The molecule has 0 saturated carbocycles. The fraction of sp³-hybridized carbons (Fsp3) is 0.250. The van der Waals surface area contributed by atoms with Crippen LogP contribution < -0.4 is 10.1 Å². The van der Waals surface area contributed by atoms with Gasteiger partial charge in [0.25, 0.3) is 5.91 Å². The van der Waals surface area contributed by atoms with E-state index in [0.717, 1.165) is 30.8 Å². The Morgan fingerprint density at radius 1 is 0.872 bits per heavy atom. The topological polar surface area (TPSA) is 58.6 Å². The largest absolute Gasteiger partial charge is 0.483 e. The third kappa shape index (κ3) is 7.93. The Bertz CT molecular complexity index is 1430. The van der Waals surface area contributed by atoms with E-state index in [0.29, 0.717) is 18.7 Å². The minimum absolute atomic E-state index is 0.178. The lowest BCUT2D eigenvalue weighted by Crippen LogP contribution is -2.52. The summed E-state index contributed by atoms with van der Waals surface area (Å²) in [6.45, 7) is 4.70. The number of fused-ring (bicyclic) bond motifs is 1. The van der Waals surface area contributed by atoms with Gasteiger partial charge < -0.3 is 15.0 Å². The highest BCUT2D eigenvalue weighted by atomic mass is 79.9. The Morgan fingerprint density at radius 3 is 2.33 bits per heavy atom. The summed E-state index contributed by atoms with van der Waals surface area (Å²) in [6, 6.07) is 28.7. The zero-order valence-electron chi connectivity index (χ0n) is 22.1. The van der Waals surface area contributed by atoms with Crippen molar-refractivity contribution in [3.05, 3.63) is 111 Å². The van der Waals surface area contributed by atoms with Crippen LogP contribution in [-0.4, -0.2) is 35.9 Å². The molecule has 5 nitrogen and oxygen atoms in total. The van der Waals surface area contributed by atoms with Crippen molar-refractivity contribution in [1.82, 2.24) is 10.2 Å². The number of carbonyl (C=O) groups is 2. The molecule has 0 aromatic heterocycles. The molecular formula is C32H32Br2N2O3. The van der Waals surface area contributed by atoms with Crippen LogP contribution in [0.5, 0.6) is 5.75 Å². The highest BCUT2D eigenvalue weighted by Crippen LogP contribution is 2.33. The molecule has 0 heterocycles. The van der Waals surface area contributed by atoms with Crippen LogP contribution in [0, 0.1) is 5.92 Å². The van der Waals surface area contributed by atoms with Gasteiger partial charge in [0.2, 0.25) is 5.91 Å². The molecule has 0 radical (unpaired) electrons. The second kappa shape index (κ2) is 13.8. The van der Waals surface area contributed by atoms with Crippen LogP contribution in [0.1, 0.15) is 25.0 Å². The van der Waals surface area contributed by atoms with Gasteiger partial charge >= 0.3 is 0 Å². The van der Waals surface area contributed by atoms with Crippen molar-refractivity contribution in [2.24, 2.45) is 5.92 Å². The molecule has 202 valence electrons. The minimum Gasteiger partial charge on any atom is -0.483 e. The van der Waals surface area contributed by atoms with Gasteiger partial charge in [0.1, 0.15) is 11.8 Å². The van der Waals surface area contributed by atoms with E-state index in [1.165, 1.54) is 0 Å². The molecule has 4 aromatic carbocycles. The van der Waals surface area contributed by atoms with Gasteiger partial charge in [-0.3, -0.25) is 9.59 Å². The van der Waals surface area contributed by atoms with Gasteiger partial charge in [0, 0.05) is 24.0 Å². The Balaban J connectivity index is 1.63. The number of benzene rings is 4. The van der Waals surface area contributed by atoms with E-state index in [4.69, 9.17) is 4.74 Å². The highest BCUT2D eigenvalue weighted by Gasteiger charge is 2.31. The number of carbonyl (C=O) groups excluding carboxylic acids is 2. The zero-order valence-corrected chi connectivity index (χ0v) is 25.2. The van der Waals surface area contributed by atoms with Gasteiger partial charge in [-0.25, -0.2) is 0 Å². The average molecular weight is 652 g/mol. The van der Waals surface area contributed by atoms with Crippen molar-refractivity contribution >= 4 is 54.4 Å². The Labute approximate surface area is 246 Å². The normalized spacial score (nSPS) is 11.8. The molecule has 39 heavy (non-hydrogen) atoms. The van der Waals surface area contributed by atoms with Crippen molar-refractivity contribution in [2.75, 3.05) is 13.2 Å². The van der Waals surface area contributed by atoms with E-state index in [2.05, 4.69) is 37.2 Å². The molecule has 0 spiro atoms. The number of hydrogen-bond donors (Lipinski definition) is 1. The van der Waals surface area contributed by atoms with Gasteiger partial charge in [-0.15, -0.1) is 0 Å². The molecule has 0 bridgehead atoms. The number of nitrogens with one attached hydrogen (secondary N) is 1. The first-order chi connectivity index (χ1) is 18.8. The molecule has 7 heteroatoms. The number of amides is 2. The lowest BCUT2D eigenvalue weighted by atomic mass is 10.0. The van der Waals surface area contributed by atoms with E-state index in [1.807, 2.05) is 105 Å². The number of hydrogen-bond acceptors (Lipinski definition) is 3. The Hall–Kier alpha value is -3.16. The van der Waals surface area contributed by atoms with Crippen LogP contribution in [0.25, 0.3) is 10.8 Å². The van der Waals surface area contributed by atoms with Crippen molar-refractivity contribution in [1.29, 1.82) is 0 Å². The van der Waals surface area contributed by atoms with Gasteiger partial charge in [-0.2, -0.15) is 0 Å². The highest BCUT2D eigenvalue weighted by molar-refractivity contribution is 9.11. The molecule has 0 aliphatic carbocycles. The summed E-state index contributed by atoms with van der Waals surface area (Å²) in [5.41, 5.74) is 1.90. The summed E-state index contributed by atoms with van der Waals surface area (Å²) in [5, 5.41) is 5.12. The molecule has 0 fully saturated rings. The van der Waals surface area contributed by atoms with E-state index >= 15 is 0 Å². The monoisotopic (exact) mass is 650 g/mol. The van der Waals surface area contributed by atoms with Crippen molar-refractivity contribution < 1.29 is 14.3 Å². The number of rotatable bonds is 11. The van der Waals surface area contributed by atoms with Crippen LogP contribution in [0.4, 0.5) is 0 Å². The molecule has 0 aliphatic rings. The predicted molar refractivity (Wildman–Crippen MR) is 164 cm³/mol. The van der Waals surface area contributed by atoms with E-state index in [1.54, 1.807) is 4.90 Å². The molecule has 1 N–H and O–H groups in total. The van der Waals surface area contributed by atoms with Crippen molar-refractivity contribution in [3.63, 3.8) is 0 Å². The summed E-state index contributed by atoms with van der Waals surface area (Å²) in [7, 11) is 0. The van der Waals surface area contributed by atoms with Gasteiger partial charge in [-0.1, -0.05) is 103 Å². The van der Waals surface area contributed by atoms with Crippen LogP contribution >= 0.6 is 31.9 Å². The van der Waals surface area contributed by atoms with E-state index in [-0.39, 0.29) is 30.9 Å². The van der Waals surface area contributed by atoms with Gasteiger partial charge in [-0.05, 0) is 61.9 Å². The predicted octanol–water partition coefficient (Wildman–Crippen LogP) is 7.16. The van der Waals surface area contributed by atoms with Crippen molar-refractivity contribution in [3.8, 4) is 5.75 Å². The quantitative estimate of drug-likeness (QED) is 0.187. The van der Waals surface area contributed by atoms with Crippen LogP contribution in [0.2, 0.25) is 0 Å². The maximum absolute atomic E-state index is 13.8. The van der Waals surface area contributed by atoms with Gasteiger partial charge in [0.15, 0.2) is 6.61 Å². The van der Waals surface area contributed by atoms with Crippen LogP contribution in [0.15, 0.2) is 99.9 Å². The molecular weight excluding hydrogens is 620 g/mol. The maximum atomic E-state index is 13.8. The second-order valence-corrected chi connectivity index (χ2v) is 11.6. The fourth-order valence-electron chi connectivity index (χ4n) is 4.36. The summed E-state index contributed by atoms with van der Waals surface area (Å²) in [4.78, 5) is 29.1. The first kappa shape index (κ1) is 28.8. The molecule has 4 rings (SSSR count). The van der Waals surface area contributed by atoms with Crippen molar-refractivity contribution in [2.45, 2.75) is 32.9 Å². The summed E-state index contributed by atoms with van der Waals surface area (Å²) in [5.74, 6) is 0.418. The Morgan fingerprint density at radius 2 is 1.59 bits per heavy atom. The first-order valence-electron chi connectivity index (χ1n) is 13.0. The van der Waals surface area contributed by atoms with Crippen LogP contribution in [0.3, 0.4) is 0 Å². The zero-order chi connectivity index (χ0) is 27.8. The van der Waals surface area contributed by atoms with E-state index in [9.17, 15) is 9.59 Å². The lowest BCUT2D eigenvalue weighted by molar-refractivity contribution is -0.142. The maximum Gasteiger partial charge on any atom is 0.261 e. The van der Waals surface area contributed by atoms with E-state index < -0.39 is 6.04 Å². The second-order valence-electron chi connectivity index (χ2n) is 9.88. The fourth-order valence-corrected chi connectivity index (χ4v) is 5.41. The standard InChI is InChI=1S/C32H32Br2N2O3/c1-22(2)19-35-32(38)28(18-23-9-4-3-5-10-23)36(20-24-11-8-13-26(33)17-24)30(37)21-39-29-16-15-25-12-6-7-14-27(25)31(29)34/h3-17,22,28H,18-21H2,1-2H3,(H,35,38)/t28-/m1/s1. The third-order valence-corrected chi connectivity index (χ3v) is 7.69. The molecule has 0 saturated heterocycles. The number of ether oxygens (including phenoxy) is 1. The average Bonchev–Trinajstić information content (AvgIpc) is 2.94. The molecule has 1 atom stereocenters. The van der Waals surface area contributed by atoms with Gasteiger partial charge in [0.05, 0.1) is 4.47 Å². The smallest absolute Gasteiger partial charge is 0.261 e. The summed E-state index contributed by atoms with van der Waals surface area (Å²) in [6.07, 6.45) is 0.393.